The van der Waals surface area contributed by atoms with Crippen molar-refractivity contribution in [2.45, 2.75) is 17.3 Å². The molecule has 1 atom stereocenters. The minimum absolute atomic E-state index is 0.0662. The van der Waals surface area contributed by atoms with E-state index in [-0.39, 0.29) is 16.8 Å². The maximum absolute atomic E-state index is 13.5. The number of nitrogens with one attached hydrogen (secondary N) is 1. The van der Waals surface area contributed by atoms with Crippen LogP contribution in [-0.2, 0) is 9.22 Å². The summed E-state index contributed by atoms with van der Waals surface area (Å²) >= 11 is 9.58. The molecule has 1 aliphatic rings. The normalized spacial score (nSPS) is 17.1. The summed E-state index contributed by atoms with van der Waals surface area (Å²) in [5, 5.41) is 3.58. The van der Waals surface area contributed by atoms with Gasteiger partial charge in [-0.15, -0.1) is 0 Å². The molecule has 1 saturated heterocycles. The van der Waals surface area contributed by atoms with Crippen LogP contribution in [0.25, 0.3) is 10.2 Å². The zero-order valence-corrected chi connectivity index (χ0v) is 18.5. The van der Waals surface area contributed by atoms with Crippen LogP contribution in [0.15, 0.2) is 30.5 Å². The van der Waals surface area contributed by atoms with Crippen molar-refractivity contribution in [3.8, 4) is 0 Å². The monoisotopic (exact) mass is 530 g/mol. The van der Waals surface area contributed by atoms with E-state index in [9.17, 15) is 9.18 Å². The highest BCUT2D eigenvalue weighted by Crippen LogP contribution is 2.32. The molecular formula is C19H17ClFIN4OS. The molecule has 4 rings (SSSR count). The van der Waals surface area contributed by atoms with Crippen LogP contribution in [0.5, 0.6) is 0 Å². The zero-order chi connectivity index (χ0) is 19.7. The molecule has 0 bridgehead atoms. The van der Waals surface area contributed by atoms with Gasteiger partial charge >= 0.3 is 0 Å². The third kappa shape index (κ3) is 4.23. The third-order valence-electron chi connectivity index (χ3n) is 4.74. The average Bonchev–Trinajstić information content (AvgIpc) is 3.10. The van der Waals surface area contributed by atoms with Crippen LogP contribution >= 0.6 is 45.5 Å². The predicted octanol–water partition coefficient (Wildman–Crippen LogP) is 5.27. The van der Waals surface area contributed by atoms with Crippen LogP contribution in [0.2, 0.25) is 5.02 Å². The van der Waals surface area contributed by atoms with Crippen LogP contribution in [-0.4, -0.2) is 29.0 Å². The van der Waals surface area contributed by atoms with E-state index < -0.39 is 5.82 Å². The summed E-state index contributed by atoms with van der Waals surface area (Å²) in [5.74, 6) is -0.613. The molecule has 1 N–H and O–H groups in total. The highest BCUT2D eigenvalue weighted by molar-refractivity contribution is 14.1. The van der Waals surface area contributed by atoms with E-state index in [1.165, 1.54) is 23.5 Å². The lowest BCUT2D eigenvalue weighted by molar-refractivity contribution is -0.120. The van der Waals surface area contributed by atoms with Crippen molar-refractivity contribution in [3.63, 3.8) is 0 Å². The van der Waals surface area contributed by atoms with Gasteiger partial charge in [-0.05, 0) is 37.1 Å². The fraction of sp³-hybridized carbons (Fsp3) is 0.316. The van der Waals surface area contributed by atoms with Gasteiger partial charge < -0.3 is 10.2 Å². The van der Waals surface area contributed by atoms with Crippen molar-refractivity contribution >= 4 is 72.5 Å². The number of alkyl halides is 1. The lowest BCUT2D eigenvalue weighted by Gasteiger charge is -2.33. The molecule has 0 radical (unpaired) electrons. The number of rotatable bonds is 4. The second-order valence-electron chi connectivity index (χ2n) is 6.67. The number of pyridine rings is 1. The van der Waals surface area contributed by atoms with E-state index in [4.69, 9.17) is 11.6 Å². The number of aromatic nitrogens is 2. The minimum atomic E-state index is -0.412. The number of nitrogens with zero attached hydrogens (tertiary/aromatic N) is 3. The number of piperidine rings is 1. The Morgan fingerprint density at radius 3 is 3.11 bits per heavy atom. The molecule has 28 heavy (non-hydrogen) atoms. The van der Waals surface area contributed by atoms with E-state index in [1.807, 2.05) is 12.3 Å². The SMILES string of the molecule is O=C(Nc1nc2c(Cl)cc(F)cc2s1)C1CCCN(c2ccnc(CI)c2)C1. The molecule has 9 heteroatoms. The van der Waals surface area contributed by atoms with Gasteiger partial charge in [0, 0.05) is 29.4 Å². The van der Waals surface area contributed by atoms with Crippen molar-refractivity contribution in [1.29, 1.82) is 0 Å². The van der Waals surface area contributed by atoms with Gasteiger partial charge in [0.2, 0.25) is 5.91 Å². The third-order valence-corrected chi connectivity index (χ3v) is 6.73. The van der Waals surface area contributed by atoms with Crippen LogP contribution < -0.4 is 10.2 Å². The molecule has 2 aromatic heterocycles. The van der Waals surface area contributed by atoms with Crippen LogP contribution in [0.3, 0.4) is 0 Å². The second kappa shape index (κ2) is 8.46. The standard InChI is InChI=1S/C19H17ClFIN4OS/c20-15-6-12(21)7-16-17(15)24-19(28-16)25-18(27)11-2-1-5-26(10-11)14-3-4-23-13(8-14)9-22/h3-4,6-8,11H,1-2,5,9-10H2,(H,24,25,27). The molecule has 1 fully saturated rings. The average molecular weight is 531 g/mol. The Labute approximate surface area is 184 Å². The summed E-state index contributed by atoms with van der Waals surface area (Å²) in [6.45, 7) is 1.57. The number of halogens is 3. The van der Waals surface area contributed by atoms with E-state index in [0.717, 1.165) is 35.2 Å². The Morgan fingerprint density at radius 2 is 2.29 bits per heavy atom. The zero-order valence-electron chi connectivity index (χ0n) is 14.8. The molecular weight excluding hydrogens is 514 g/mol. The Hall–Kier alpha value is -1.52. The van der Waals surface area contributed by atoms with Gasteiger partial charge in [0.25, 0.3) is 0 Å². The van der Waals surface area contributed by atoms with Gasteiger partial charge in [-0.3, -0.25) is 9.78 Å². The first-order valence-corrected chi connectivity index (χ1v) is 11.6. The van der Waals surface area contributed by atoms with E-state index in [1.54, 1.807) is 0 Å². The molecule has 1 unspecified atom stereocenters. The van der Waals surface area contributed by atoms with Crippen molar-refractivity contribution in [2.75, 3.05) is 23.3 Å². The number of hydrogen-bond donors (Lipinski definition) is 1. The molecule has 0 saturated carbocycles. The Balaban J connectivity index is 1.48. The molecule has 0 spiro atoms. The highest BCUT2D eigenvalue weighted by atomic mass is 127. The molecule has 1 aliphatic heterocycles. The number of benzene rings is 1. The van der Waals surface area contributed by atoms with Gasteiger partial charge in [-0.1, -0.05) is 45.5 Å². The largest absolute Gasteiger partial charge is 0.371 e. The number of amides is 1. The highest BCUT2D eigenvalue weighted by Gasteiger charge is 2.27. The predicted molar refractivity (Wildman–Crippen MR) is 120 cm³/mol. The summed E-state index contributed by atoms with van der Waals surface area (Å²) in [7, 11) is 0. The number of anilines is 2. The van der Waals surface area contributed by atoms with E-state index in [2.05, 4.69) is 48.8 Å². The summed E-state index contributed by atoms with van der Waals surface area (Å²) < 4.78 is 15.0. The fourth-order valence-corrected chi connectivity index (χ4v) is 5.02. The Bertz CT molecular complexity index is 1030. The lowest BCUT2D eigenvalue weighted by Crippen LogP contribution is -2.40. The van der Waals surface area contributed by atoms with Crippen molar-refractivity contribution in [3.05, 3.63) is 47.0 Å². The van der Waals surface area contributed by atoms with Gasteiger partial charge in [-0.25, -0.2) is 9.37 Å². The van der Waals surface area contributed by atoms with Crippen molar-refractivity contribution < 1.29 is 9.18 Å². The quantitative estimate of drug-likeness (QED) is 0.369. The molecule has 1 aromatic carbocycles. The lowest BCUT2D eigenvalue weighted by atomic mass is 9.97. The maximum Gasteiger partial charge on any atom is 0.231 e. The van der Waals surface area contributed by atoms with Crippen LogP contribution in [0, 0.1) is 11.7 Å². The summed E-state index contributed by atoms with van der Waals surface area (Å²) in [4.78, 5) is 23.7. The summed E-state index contributed by atoms with van der Waals surface area (Å²) in [5.41, 5.74) is 2.64. The molecule has 0 aliphatic carbocycles. The first-order valence-electron chi connectivity index (χ1n) is 8.86. The van der Waals surface area contributed by atoms with E-state index >= 15 is 0 Å². The number of hydrogen-bond acceptors (Lipinski definition) is 5. The number of carbonyl (C=O) groups excluding carboxylic acids is 1. The van der Waals surface area contributed by atoms with Gasteiger partial charge in [0.05, 0.1) is 21.3 Å². The van der Waals surface area contributed by atoms with Crippen LogP contribution in [0.4, 0.5) is 15.2 Å². The molecule has 3 heterocycles. The summed E-state index contributed by atoms with van der Waals surface area (Å²) in [6, 6.07) is 6.68. The Morgan fingerprint density at radius 1 is 1.43 bits per heavy atom. The second-order valence-corrected chi connectivity index (χ2v) is 8.87. The summed E-state index contributed by atoms with van der Waals surface area (Å²) in [6.07, 6.45) is 3.58. The fourth-order valence-electron chi connectivity index (χ4n) is 3.38. The molecule has 1 amide bonds. The molecule has 3 aromatic rings. The van der Waals surface area contributed by atoms with Gasteiger partial charge in [0.1, 0.15) is 11.3 Å². The molecule has 146 valence electrons. The molecule has 5 nitrogen and oxygen atoms in total. The van der Waals surface area contributed by atoms with Crippen molar-refractivity contribution in [2.24, 2.45) is 5.92 Å². The first-order chi connectivity index (χ1) is 13.5. The van der Waals surface area contributed by atoms with Crippen molar-refractivity contribution in [1.82, 2.24) is 9.97 Å². The first kappa shape index (κ1) is 19.8. The number of thiazole rings is 1. The van der Waals surface area contributed by atoms with Crippen LogP contribution in [0.1, 0.15) is 18.5 Å². The van der Waals surface area contributed by atoms with E-state index in [0.29, 0.717) is 21.9 Å². The number of fused-ring (bicyclic) bond motifs is 1. The van der Waals surface area contributed by atoms with Gasteiger partial charge in [0.15, 0.2) is 5.13 Å². The smallest absolute Gasteiger partial charge is 0.231 e. The minimum Gasteiger partial charge on any atom is -0.371 e. The maximum atomic E-state index is 13.5. The Kier molecular flexibility index (Phi) is 5.98. The number of carbonyl (C=O) groups is 1. The van der Waals surface area contributed by atoms with Gasteiger partial charge in [-0.2, -0.15) is 0 Å². The topological polar surface area (TPSA) is 58.1 Å².